The van der Waals surface area contributed by atoms with Gasteiger partial charge in [0, 0.05) is 11.6 Å². The summed E-state index contributed by atoms with van der Waals surface area (Å²) >= 11 is 11.3. The molecular formula is C25H33BrClFN6O4S. The minimum absolute atomic E-state index is 0.0808. The number of carbonyl (C=O) groups is 2. The van der Waals surface area contributed by atoms with Crippen molar-refractivity contribution in [1.29, 1.82) is 0 Å². The summed E-state index contributed by atoms with van der Waals surface area (Å²) in [4.78, 5) is 35.9. The molecule has 0 radical (unpaired) electrons. The van der Waals surface area contributed by atoms with E-state index < -0.39 is 35.6 Å². The molecule has 3 heterocycles. The molecule has 0 aromatic carbocycles. The topological polar surface area (TPSA) is 111 Å². The molecule has 214 valence electrons. The summed E-state index contributed by atoms with van der Waals surface area (Å²) in [5.41, 5.74) is 0.270. The van der Waals surface area contributed by atoms with Crippen molar-refractivity contribution >= 4 is 62.4 Å². The Morgan fingerprint density at radius 2 is 1.87 bits per heavy atom. The summed E-state index contributed by atoms with van der Waals surface area (Å²) in [6.07, 6.45) is -1.03. The second kappa shape index (κ2) is 11.9. The molecule has 3 rings (SSSR count). The van der Waals surface area contributed by atoms with Crippen molar-refractivity contribution in [3.8, 4) is 0 Å². The molecule has 0 aliphatic heterocycles. The summed E-state index contributed by atoms with van der Waals surface area (Å²) in [5, 5.41) is 9.29. The first-order chi connectivity index (χ1) is 18.0. The molecule has 3 aromatic rings. The number of ether oxygens (including phenoxy) is 2. The molecule has 3 aromatic heterocycles. The van der Waals surface area contributed by atoms with Gasteiger partial charge >= 0.3 is 12.2 Å². The minimum atomic E-state index is -1.40. The van der Waals surface area contributed by atoms with Crippen molar-refractivity contribution in [1.82, 2.24) is 24.9 Å². The van der Waals surface area contributed by atoms with E-state index in [9.17, 15) is 14.0 Å². The lowest BCUT2D eigenvalue weighted by atomic mass is 10.0. The first kappa shape index (κ1) is 31.0. The third kappa shape index (κ3) is 8.01. The number of alkyl halides is 1. The van der Waals surface area contributed by atoms with E-state index in [1.807, 2.05) is 0 Å². The van der Waals surface area contributed by atoms with Gasteiger partial charge in [-0.25, -0.2) is 23.5 Å². The lowest BCUT2D eigenvalue weighted by molar-refractivity contribution is 0.0476. The van der Waals surface area contributed by atoms with Crippen molar-refractivity contribution in [2.24, 2.45) is 0 Å². The Hall–Kier alpha value is -2.51. The first-order valence-electron chi connectivity index (χ1n) is 12.2. The summed E-state index contributed by atoms with van der Waals surface area (Å²) in [5.74, 6) is 0.203. The predicted octanol–water partition coefficient (Wildman–Crippen LogP) is 6.65. The van der Waals surface area contributed by atoms with Gasteiger partial charge in [-0.05, 0) is 100 Å². The Balaban J connectivity index is 2.10. The van der Waals surface area contributed by atoms with Gasteiger partial charge in [-0.1, -0.05) is 0 Å². The molecular weight excluding hydrogens is 615 g/mol. The fourth-order valence-corrected chi connectivity index (χ4v) is 5.20. The zero-order valence-corrected chi connectivity index (χ0v) is 26.3. The van der Waals surface area contributed by atoms with E-state index in [1.165, 1.54) is 27.7 Å². The fraction of sp³-hybridized carbons (Fsp3) is 0.560. The van der Waals surface area contributed by atoms with Gasteiger partial charge in [0.2, 0.25) is 5.28 Å². The smallest absolute Gasteiger partial charge is 0.416 e. The highest BCUT2D eigenvalue weighted by molar-refractivity contribution is 9.10. The Morgan fingerprint density at radius 1 is 1.23 bits per heavy atom. The van der Waals surface area contributed by atoms with Crippen LogP contribution in [-0.4, -0.2) is 55.2 Å². The first-order valence-corrected chi connectivity index (χ1v) is 14.3. The van der Waals surface area contributed by atoms with Gasteiger partial charge in [-0.15, -0.1) is 16.4 Å². The number of anilines is 1. The molecule has 0 bridgehead atoms. The largest absolute Gasteiger partial charge is 0.444 e. The Labute approximate surface area is 244 Å². The number of hydrogen-bond donors (Lipinski definition) is 1. The third-order valence-electron chi connectivity index (χ3n) is 5.37. The summed E-state index contributed by atoms with van der Waals surface area (Å²) in [6, 6.07) is -0.906. The minimum Gasteiger partial charge on any atom is -0.444 e. The molecule has 2 atom stereocenters. The molecule has 10 nitrogen and oxygen atoms in total. The van der Waals surface area contributed by atoms with Crippen molar-refractivity contribution in [3.05, 3.63) is 37.6 Å². The fourth-order valence-electron chi connectivity index (χ4n) is 3.73. The number of nitrogens with one attached hydrogen (secondary N) is 1. The highest BCUT2D eigenvalue weighted by atomic mass is 79.9. The van der Waals surface area contributed by atoms with Crippen LogP contribution in [0.15, 0.2) is 16.2 Å². The van der Waals surface area contributed by atoms with E-state index in [1.54, 1.807) is 60.0 Å². The summed E-state index contributed by atoms with van der Waals surface area (Å²) < 4.78 is 27.7. The van der Waals surface area contributed by atoms with Crippen molar-refractivity contribution < 1.29 is 23.5 Å². The van der Waals surface area contributed by atoms with Crippen LogP contribution in [0.5, 0.6) is 0 Å². The van der Waals surface area contributed by atoms with Gasteiger partial charge < -0.3 is 14.8 Å². The maximum Gasteiger partial charge on any atom is 0.416 e. The van der Waals surface area contributed by atoms with Gasteiger partial charge in [-0.2, -0.15) is 4.98 Å². The van der Waals surface area contributed by atoms with Gasteiger partial charge in [0.1, 0.15) is 32.5 Å². The molecule has 0 fully saturated rings. The molecule has 0 saturated heterocycles. The highest BCUT2D eigenvalue weighted by Crippen LogP contribution is 2.35. The second-order valence-electron chi connectivity index (χ2n) is 11.0. The lowest BCUT2D eigenvalue weighted by Gasteiger charge is -2.26. The molecule has 0 spiro atoms. The van der Waals surface area contributed by atoms with Crippen LogP contribution in [-0.2, 0) is 22.4 Å². The van der Waals surface area contributed by atoms with E-state index in [0.717, 1.165) is 0 Å². The maximum atomic E-state index is 14.7. The van der Waals surface area contributed by atoms with Gasteiger partial charge in [-0.3, -0.25) is 4.90 Å². The summed E-state index contributed by atoms with van der Waals surface area (Å²) in [7, 11) is 0. The molecule has 0 aliphatic carbocycles. The SMILES string of the molecule is Cc1c(C[C@@H](NC(=O)OC(C)(C)C)[C@H](C)F)c(Br)n2nc(Cl)nc(N(Cc3nccs3)C(=O)OC(C)(C)C)c12. The van der Waals surface area contributed by atoms with Gasteiger partial charge in [0.25, 0.3) is 0 Å². The molecule has 39 heavy (non-hydrogen) atoms. The average molecular weight is 648 g/mol. The number of aryl methyl sites for hydroxylation is 1. The Morgan fingerprint density at radius 3 is 2.41 bits per heavy atom. The third-order valence-corrected chi connectivity index (χ3v) is 7.11. The van der Waals surface area contributed by atoms with Crippen LogP contribution in [0.2, 0.25) is 5.28 Å². The number of rotatable bonds is 7. The number of halogens is 3. The normalized spacial score (nSPS) is 13.7. The molecule has 0 aliphatic rings. The van der Waals surface area contributed by atoms with Gasteiger partial charge in [0.15, 0.2) is 5.82 Å². The van der Waals surface area contributed by atoms with Crippen LogP contribution < -0.4 is 10.2 Å². The zero-order valence-electron chi connectivity index (χ0n) is 23.1. The molecule has 0 unspecified atom stereocenters. The molecule has 2 amide bonds. The van der Waals surface area contributed by atoms with E-state index in [4.69, 9.17) is 21.1 Å². The number of carbonyl (C=O) groups excluding carboxylic acids is 2. The number of alkyl carbamates (subject to hydrolysis) is 1. The van der Waals surface area contributed by atoms with E-state index in [-0.39, 0.29) is 24.1 Å². The van der Waals surface area contributed by atoms with Crippen LogP contribution >= 0.6 is 38.9 Å². The molecule has 1 N–H and O–H groups in total. The number of amides is 2. The van der Waals surface area contributed by atoms with Crippen molar-refractivity contribution in [2.45, 2.75) is 91.8 Å². The molecule has 0 saturated carbocycles. The van der Waals surface area contributed by atoms with Crippen LogP contribution in [0.1, 0.15) is 64.6 Å². The Bertz CT molecular complexity index is 1340. The van der Waals surface area contributed by atoms with E-state index in [0.29, 0.717) is 26.3 Å². The summed E-state index contributed by atoms with van der Waals surface area (Å²) in [6.45, 7) is 13.7. The number of thiazole rings is 1. The number of hydrogen-bond acceptors (Lipinski definition) is 8. The van der Waals surface area contributed by atoms with Gasteiger partial charge in [0.05, 0.1) is 12.6 Å². The number of nitrogens with zero attached hydrogens (tertiary/aromatic N) is 5. The number of aromatic nitrogens is 4. The van der Waals surface area contributed by atoms with Crippen molar-refractivity contribution in [3.63, 3.8) is 0 Å². The standard InChI is InChI=1S/C25H33BrClFN6O4S/c1-13-15(11-16(14(2)28)30-22(35)37-24(3,4)5)19(26)34-18(13)20(31-21(27)32-34)33(12-17-29-9-10-39-17)23(36)38-25(6,7)8/h9-10,14,16H,11-12H2,1-8H3,(H,30,35)/t14-,16+/m0/s1. The molecule has 14 heteroatoms. The lowest BCUT2D eigenvalue weighted by Crippen LogP contribution is -2.44. The predicted molar refractivity (Wildman–Crippen MR) is 152 cm³/mol. The zero-order chi connectivity index (χ0) is 29.3. The van der Waals surface area contributed by atoms with Crippen molar-refractivity contribution in [2.75, 3.05) is 4.90 Å². The van der Waals surface area contributed by atoms with Crippen LogP contribution in [0, 0.1) is 6.92 Å². The van der Waals surface area contributed by atoms with Crippen LogP contribution in [0.3, 0.4) is 0 Å². The monoisotopic (exact) mass is 646 g/mol. The average Bonchev–Trinajstić information content (AvgIpc) is 3.36. The number of fused-ring (bicyclic) bond motifs is 1. The second-order valence-corrected chi connectivity index (χ2v) is 13.1. The highest BCUT2D eigenvalue weighted by Gasteiger charge is 2.32. The Kier molecular flexibility index (Phi) is 9.49. The van der Waals surface area contributed by atoms with E-state index >= 15 is 0 Å². The quantitative estimate of drug-likeness (QED) is 0.306. The van der Waals surface area contributed by atoms with Crippen LogP contribution in [0.4, 0.5) is 19.8 Å². The van der Waals surface area contributed by atoms with E-state index in [2.05, 4.69) is 36.3 Å². The van der Waals surface area contributed by atoms with Crippen LogP contribution in [0.25, 0.3) is 5.52 Å². The maximum absolute atomic E-state index is 14.7.